The second kappa shape index (κ2) is 8.12. The third-order valence-electron chi connectivity index (χ3n) is 3.41. The third kappa shape index (κ3) is 4.80. The summed E-state index contributed by atoms with van der Waals surface area (Å²) < 4.78 is 14.4. The number of aromatic nitrogens is 2. The minimum Gasteiger partial charge on any atom is -0.391 e. The molecule has 23 heavy (non-hydrogen) atoms. The fourth-order valence-corrected chi connectivity index (χ4v) is 2.61. The van der Waals surface area contributed by atoms with Gasteiger partial charge in [-0.3, -0.25) is 9.48 Å². The van der Waals surface area contributed by atoms with Crippen LogP contribution in [-0.4, -0.2) is 45.5 Å². The van der Waals surface area contributed by atoms with Crippen molar-refractivity contribution >= 4 is 17.7 Å². The summed E-state index contributed by atoms with van der Waals surface area (Å²) >= 11 is 1.65. The second-order valence-corrected chi connectivity index (χ2v) is 6.18. The highest BCUT2D eigenvalue weighted by molar-refractivity contribution is 7.98. The van der Waals surface area contributed by atoms with Gasteiger partial charge in [0, 0.05) is 19.2 Å². The van der Waals surface area contributed by atoms with Gasteiger partial charge in [-0.1, -0.05) is 0 Å². The van der Waals surface area contributed by atoms with Crippen LogP contribution in [0.25, 0.3) is 11.3 Å². The number of nitrogens with one attached hydrogen (secondary N) is 1. The molecule has 1 amide bonds. The molecule has 2 rings (SSSR count). The lowest BCUT2D eigenvalue weighted by molar-refractivity contribution is 0.0905. The van der Waals surface area contributed by atoms with E-state index in [4.69, 9.17) is 0 Å². The highest BCUT2D eigenvalue weighted by Crippen LogP contribution is 2.19. The van der Waals surface area contributed by atoms with E-state index < -0.39 is 6.10 Å². The summed E-state index contributed by atoms with van der Waals surface area (Å²) in [4.78, 5) is 12.2. The molecule has 2 aromatic rings. The van der Waals surface area contributed by atoms with Crippen molar-refractivity contribution < 1.29 is 14.3 Å². The Balaban J connectivity index is 2.02. The van der Waals surface area contributed by atoms with E-state index in [0.29, 0.717) is 17.8 Å². The molecule has 124 valence electrons. The van der Waals surface area contributed by atoms with Gasteiger partial charge in [0.25, 0.3) is 5.91 Å². The molecule has 2 N–H and O–H groups in total. The molecule has 0 bridgehead atoms. The van der Waals surface area contributed by atoms with Crippen molar-refractivity contribution in [3.63, 3.8) is 0 Å². The minimum atomic E-state index is -0.559. The molecule has 7 heteroatoms. The molecule has 0 fully saturated rings. The summed E-state index contributed by atoms with van der Waals surface area (Å²) in [6.45, 7) is 0.205. The van der Waals surface area contributed by atoms with Crippen LogP contribution in [0.1, 0.15) is 16.9 Å². The van der Waals surface area contributed by atoms with Crippen LogP contribution in [0.15, 0.2) is 30.3 Å². The van der Waals surface area contributed by atoms with Crippen LogP contribution in [0, 0.1) is 5.82 Å². The first-order valence-electron chi connectivity index (χ1n) is 7.26. The Kier molecular flexibility index (Phi) is 6.18. The lowest BCUT2D eigenvalue weighted by atomic mass is 10.1. The maximum absolute atomic E-state index is 13.0. The van der Waals surface area contributed by atoms with Gasteiger partial charge < -0.3 is 10.4 Å². The Morgan fingerprint density at radius 1 is 1.43 bits per heavy atom. The molecule has 1 atom stereocenters. The van der Waals surface area contributed by atoms with Crippen LogP contribution in [0.4, 0.5) is 4.39 Å². The predicted molar refractivity (Wildman–Crippen MR) is 89.9 cm³/mol. The molecule has 0 radical (unpaired) electrons. The molecule has 0 aliphatic rings. The molecule has 0 spiro atoms. The van der Waals surface area contributed by atoms with E-state index in [1.807, 2.05) is 6.26 Å². The maximum atomic E-state index is 13.0. The number of halogens is 1. The number of aliphatic hydroxyl groups excluding tert-OH is 1. The first kappa shape index (κ1) is 17.5. The molecule has 0 aliphatic carbocycles. The number of aliphatic hydroxyl groups is 1. The molecule has 0 saturated heterocycles. The average molecular weight is 337 g/mol. The van der Waals surface area contributed by atoms with Gasteiger partial charge in [0.2, 0.25) is 0 Å². The summed E-state index contributed by atoms with van der Waals surface area (Å²) in [6, 6.07) is 7.59. The van der Waals surface area contributed by atoms with Crippen molar-refractivity contribution in [1.29, 1.82) is 0 Å². The fraction of sp³-hybridized carbons (Fsp3) is 0.375. The van der Waals surface area contributed by atoms with Gasteiger partial charge in [0.15, 0.2) is 0 Å². The summed E-state index contributed by atoms with van der Waals surface area (Å²) in [7, 11) is 1.67. The molecular formula is C16H20FN3O2S. The molecule has 5 nitrogen and oxygen atoms in total. The molecule has 1 unspecified atom stereocenters. The van der Waals surface area contributed by atoms with E-state index in [2.05, 4.69) is 10.4 Å². The Labute approximate surface area is 138 Å². The standard InChI is InChI=1S/C16H20FN3O2S/c1-20-15(16(22)18-10-13(21)7-8-23-2)9-14(19-20)11-3-5-12(17)6-4-11/h3-6,9,13,21H,7-8,10H2,1-2H3,(H,18,22). The molecule has 0 saturated carbocycles. The first-order valence-corrected chi connectivity index (χ1v) is 8.66. The lowest BCUT2D eigenvalue weighted by Gasteiger charge is -2.10. The number of hydrogen-bond donors (Lipinski definition) is 2. The smallest absolute Gasteiger partial charge is 0.269 e. The summed E-state index contributed by atoms with van der Waals surface area (Å²) in [5.74, 6) is 0.232. The van der Waals surface area contributed by atoms with Crippen LogP contribution in [0.3, 0.4) is 0 Å². The van der Waals surface area contributed by atoms with Crippen molar-refractivity contribution in [1.82, 2.24) is 15.1 Å². The van der Waals surface area contributed by atoms with E-state index in [0.717, 1.165) is 11.3 Å². The zero-order chi connectivity index (χ0) is 16.8. The maximum Gasteiger partial charge on any atom is 0.269 e. The van der Waals surface area contributed by atoms with Gasteiger partial charge in [0.05, 0.1) is 11.8 Å². The highest BCUT2D eigenvalue weighted by atomic mass is 32.2. The Morgan fingerprint density at radius 3 is 2.78 bits per heavy atom. The van der Waals surface area contributed by atoms with Crippen LogP contribution in [0.5, 0.6) is 0 Å². The Bertz CT molecular complexity index is 658. The summed E-state index contributed by atoms with van der Waals surface area (Å²) in [5.41, 5.74) is 1.73. The van der Waals surface area contributed by atoms with Gasteiger partial charge in [-0.05, 0) is 48.8 Å². The fourth-order valence-electron chi connectivity index (χ4n) is 2.10. The van der Waals surface area contributed by atoms with Gasteiger partial charge >= 0.3 is 0 Å². The van der Waals surface area contributed by atoms with Crippen LogP contribution < -0.4 is 5.32 Å². The first-order chi connectivity index (χ1) is 11.0. The zero-order valence-electron chi connectivity index (χ0n) is 13.1. The van der Waals surface area contributed by atoms with Crippen LogP contribution in [0.2, 0.25) is 0 Å². The predicted octanol–water partition coefficient (Wildman–Crippen LogP) is 2.07. The summed E-state index contributed by atoms with van der Waals surface area (Å²) in [5, 5.41) is 16.7. The van der Waals surface area contributed by atoms with Crippen molar-refractivity contribution in [2.75, 3.05) is 18.6 Å². The largest absolute Gasteiger partial charge is 0.391 e. The molecule has 1 aromatic carbocycles. The molecule has 0 aliphatic heterocycles. The Morgan fingerprint density at radius 2 is 2.13 bits per heavy atom. The quantitative estimate of drug-likeness (QED) is 0.812. The molecule has 1 heterocycles. The van der Waals surface area contributed by atoms with Gasteiger partial charge in [-0.15, -0.1) is 0 Å². The van der Waals surface area contributed by atoms with Crippen molar-refractivity contribution in [2.45, 2.75) is 12.5 Å². The molecule has 1 aromatic heterocycles. The summed E-state index contributed by atoms with van der Waals surface area (Å²) in [6.07, 6.45) is 2.04. The number of carbonyl (C=O) groups excluding carboxylic acids is 1. The topological polar surface area (TPSA) is 67.2 Å². The third-order valence-corrected chi connectivity index (χ3v) is 4.05. The SMILES string of the molecule is CSCCC(O)CNC(=O)c1cc(-c2ccc(F)cc2)nn1C. The van der Waals surface area contributed by atoms with Crippen LogP contribution >= 0.6 is 11.8 Å². The van der Waals surface area contributed by atoms with E-state index in [1.165, 1.54) is 16.8 Å². The second-order valence-electron chi connectivity index (χ2n) is 5.19. The van der Waals surface area contributed by atoms with E-state index in [1.54, 1.807) is 37.0 Å². The van der Waals surface area contributed by atoms with Gasteiger partial charge in [-0.2, -0.15) is 16.9 Å². The van der Waals surface area contributed by atoms with Crippen molar-refractivity contribution in [2.24, 2.45) is 7.05 Å². The number of rotatable bonds is 7. The number of amides is 1. The average Bonchev–Trinajstić information content (AvgIpc) is 2.93. The normalized spacial score (nSPS) is 12.2. The van der Waals surface area contributed by atoms with Gasteiger partial charge in [0.1, 0.15) is 11.5 Å². The van der Waals surface area contributed by atoms with Crippen molar-refractivity contribution in [3.8, 4) is 11.3 Å². The number of carbonyl (C=O) groups is 1. The van der Waals surface area contributed by atoms with E-state index >= 15 is 0 Å². The minimum absolute atomic E-state index is 0.205. The lowest BCUT2D eigenvalue weighted by Crippen LogP contribution is -2.33. The van der Waals surface area contributed by atoms with Gasteiger partial charge in [-0.25, -0.2) is 4.39 Å². The van der Waals surface area contributed by atoms with E-state index in [9.17, 15) is 14.3 Å². The molecular weight excluding hydrogens is 317 g/mol. The number of nitrogens with zero attached hydrogens (tertiary/aromatic N) is 2. The van der Waals surface area contributed by atoms with E-state index in [-0.39, 0.29) is 18.3 Å². The van der Waals surface area contributed by atoms with Crippen molar-refractivity contribution in [3.05, 3.63) is 41.8 Å². The number of aryl methyl sites for hydroxylation is 1. The monoisotopic (exact) mass is 337 g/mol. The number of benzene rings is 1. The number of thioether (sulfide) groups is 1. The highest BCUT2D eigenvalue weighted by Gasteiger charge is 2.15. The Hall–Kier alpha value is -1.86. The zero-order valence-corrected chi connectivity index (χ0v) is 13.9. The van der Waals surface area contributed by atoms with Crippen LogP contribution in [-0.2, 0) is 7.05 Å². The number of hydrogen-bond acceptors (Lipinski definition) is 4.